The Kier molecular flexibility index (Phi) is 4.23. The average Bonchev–Trinajstić information content (AvgIpc) is 2.32. The van der Waals surface area contributed by atoms with E-state index in [0.717, 1.165) is 11.3 Å². The molecule has 0 atom stereocenters. The highest BCUT2D eigenvalue weighted by molar-refractivity contribution is 6.29. The Morgan fingerprint density at radius 2 is 2.06 bits per heavy atom. The van der Waals surface area contributed by atoms with Crippen molar-refractivity contribution in [2.24, 2.45) is 0 Å². The standard InChI is InChI=1S/C13H13ClFN3/c1-18(8-10-3-2-4-11(15)5-10)9-12-6-17-13(14)7-16-12/h2-7H,8-9H2,1H3. The highest BCUT2D eigenvalue weighted by Gasteiger charge is 2.04. The van der Waals surface area contributed by atoms with Gasteiger partial charge in [-0.1, -0.05) is 23.7 Å². The molecule has 0 unspecified atom stereocenters. The summed E-state index contributed by atoms with van der Waals surface area (Å²) in [7, 11) is 1.95. The van der Waals surface area contributed by atoms with Crippen molar-refractivity contribution in [1.29, 1.82) is 0 Å². The van der Waals surface area contributed by atoms with Crippen molar-refractivity contribution in [1.82, 2.24) is 14.9 Å². The first-order chi connectivity index (χ1) is 8.63. The molecule has 1 aromatic carbocycles. The van der Waals surface area contributed by atoms with Crippen LogP contribution in [0, 0.1) is 5.82 Å². The van der Waals surface area contributed by atoms with Crippen molar-refractivity contribution < 1.29 is 4.39 Å². The SMILES string of the molecule is CN(Cc1cccc(F)c1)Cc1cnc(Cl)cn1. The third-order valence-corrected chi connectivity index (χ3v) is 2.64. The summed E-state index contributed by atoms with van der Waals surface area (Å²) >= 11 is 5.67. The largest absolute Gasteiger partial charge is 0.296 e. The van der Waals surface area contributed by atoms with Crippen LogP contribution in [-0.2, 0) is 13.1 Å². The van der Waals surface area contributed by atoms with Gasteiger partial charge in [-0.15, -0.1) is 0 Å². The molecule has 3 nitrogen and oxygen atoms in total. The van der Waals surface area contributed by atoms with Gasteiger partial charge >= 0.3 is 0 Å². The van der Waals surface area contributed by atoms with Gasteiger partial charge in [0.1, 0.15) is 11.0 Å². The van der Waals surface area contributed by atoms with Gasteiger partial charge in [-0.2, -0.15) is 0 Å². The number of halogens is 2. The number of hydrogen-bond acceptors (Lipinski definition) is 3. The van der Waals surface area contributed by atoms with Crippen LogP contribution in [0.2, 0.25) is 5.15 Å². The van der Waals surface area contributed by atoms with Gasteiger partial charge in [0.05, 0.1) is 18.1 Å². The summed E-state index contributed by atoms with van der Waals surface area (Å²) in [6, 6.07) is 6.58. The second-order valence-corrected chi connectivity index (χ2v) is 4.52. The van der Waals surface area contributed by atoms with E-state index in [4.69, 9.17) is 11.6 Å². The molecule has 0 N–H and O–H groups in total. The van der Waals surface area contributed by atoms with E-state index < -0.39 is 0 Å². The minimum Gasteiger partial charge on any atom is -0.296 e. The van der Waals surface area contributed by atoms with Crippen LogP contribution in [0.3, 0.4) is 0 Å². The number of hydrogen-bond donors (Lipinski definition) is 0. The summed E-state index contributed by atoms with van der Waals surface area (Å²) in [5.74, 6) is -0.216. The number of rotatable bonds is 4. The van der Waals surface area contributed by atoms with Crippen LogP contribution in [0.1, 0.15) is 11.3 Å². The average molecular weight is 266 g/mol. The Morgan fingerprint density at radius 1 is 1.22 bits per heavy atom. The zero-order valence-corrected chi connectivity index (χ0v) is 10.7. The fourth-order valence-corrected chi connectivity index (χ4v) is 1.80. The zero-order chi connectivity index (χ0) is 13.0. The Balaban J connectivity index is 1.96. The highest BCUT2D eigenvalue weighted by atomic mass is 35.5. The third kappa shape index (κ3) is 3.75. The van der Waals surface area contributed by atoms with Crippen LogP contribution in [-0.4, -0.2) is 21.9 Å². The summed E-state index contributed by atoms with van der Waals surface area (Å²) in [5, 5.41) is 0.381. The van der Waals surface area contributed by atoms with E-state index in [0.29, 0.717) is 18.2 Å². The lowest BCUT2D eigenvalue weighted by Crippen LogP contribution is -2.18. The van der Waals surface area contributed by atoms with E-state index in [2.05, 4.69) is 9.97 Å². The van der Waals surface area contributed by atoms with E-state index in [1.807, 2.05) is 18.0 Å². The Labute approximate surface area is 110 Å². The molecule has 0 saturated heterocycles. The molecule has 0 aliphatic rings. The van der Waals surface area contributed by atoms with Gasteiger partial charge in [0.2, 0.25) is 0 Å². The minimum absolute atomic E-state index is 0.216. The van der Waals surface area contributed by atoms with Crippen molar-refractivity contribution in [2.45, 2.75) is 13.1 Å². The molecule has 5 heteroatoms. The van der Waals surface area contributed by atoms with Gasteiger partial charge in [0, 0.05) is 13.1 Å². The molecule has 0 saturated carbocycles. The molecule has 0 bridgehead atoms. The first-order valence-electron chi connectivity index (χ1n) is 5.53. The third-order valence-electron chi connectivity index (χ3n) is 2.45. The molecule has 0 amide bonds. The van der Waals surface area contributed by atoms with E-state index in [-0.39, 0.29) is 5.82 Å². The molecule has 1 aromatic heterocycles. The highest BCUT2D eigenvalue weighted by Crippen LogP contribution is 2.09. The summed E-state index contributed by atoms with van der Waals surface area (Å²) in [6.45, 7) is 1.29. The van der Waals surface area contributed by atoms with Crippen molar-refractivity contribution in [3.05, 3.63) is 58.9 Å². The molecule has 2 rings (SSSR count). The van der Waals surface area contributed by atoms with E-state index in [1.54, 1.807) is 12.3 Å². The maximum Gasteiger partial charge on any atom is 0.147 e. The number of benzene rings is 1. The molecule has 0 spiro atoms. The Morgan fingerprint density at radius 3 is 2.72 bits per heavy atom. The Hall–Kier alpha value is -1.52. The van der Waals surface area contributed by atoms with Crippen LogP contribution in [0.4, 0.5) is 4.39 Å². The molecule has 0 radical (unpaired) electrons. The lowest BCUT2D eigenvalue weighted by Gasteiger charge is -2.15. The van der Waals surface area contributed by atoms with Crippen LogP contribution in [0.15, 0.2) is 36.7 Å². The van der Waals surface area contributed by atoms with Gasteiger partial charge in [-0.05, 0) is 24.7 Å². The lowest BCUT2D eigenvalue weighted by atomic mass is 10.2. The van der Waals surface area contributed by atoms with Gasteiger partial charge in [-0.3, -0.25) is 9.88 Å². The first kappa shape index (κ1) is 12.9. The second-order valence-electron chi connectivity index (χ2n) is 4.13. The maximum absolute atomic E-state index is 13.0. The van der Waals surface area contributed by atoms with Crippen molar-refractivity contribution >= 4 is 11.6 Å². The zero-order valence-electron chi connectivity index (χ0n) is 9.98. The van der Waals surface area contributed by atoms with Crippen molar-refractivity contribution in [3.8, 4) is 0 Å². The summed E-state index contributed by atoms with van der Waals surface area (Å²) in [5.41, 5.74) is 1.76. The molecule has 2 aromatic rings. The minimum atomic E-state index is -0.216. The normalized spacial score (nSPS) is 10.9. The maximum atomic E-state index is 13.0. The predicted molar refractivity (Wildman–Crippen MR) is 68.6 cm³/mol. The molecular formula is C13H13ClFN3. The monoisotopic (exact) mass is 265 g/mol. The van der Waals surface area contributed by atoms with E-state index >= 15 is 0 Å². The smallest absolute Gasteiger partial charge is 0.147 e. The lowest BCUT2D eigenvalue weighted by molar-refractivity contribution is 0.314. The quantitative estimate of drug-likeness (QED) is 0.851. The summed E-state index contributed by atoms with van der Waals surface area (Å²) in [4.78, 5) is 10.2. The van der Waals surface area contributed by atoms with E-state index in [1.165, 1.54) is 18.3 Å². The summed E-state index contributed by atoms with van der Waals surface area (Å²) < 4.78 is 13.0. The molecule has 18 heavy (non-hydrogen) atoms. The Bertz CT molecular complexity index is 516. The fraction of sp³-hybridized carbons (Fsp3) is 0.231. The molecule has 0 fully saturated rings. The summed E-state index contributed by atoms with van der Waals surface area (Å²) in [6.07, 6.45) is 3.16. The number of aromatic nitrogens is 2. The van der Waals surface area contributed by atoms with Crippen molar-refractivity contribution in [3.63, 3.8) is 0 Å². The number of nitrogens with zero attached hydrogens (tertiary/aromatic N) is 3. The van der Waals surface area contributed by atoms with Crippen LogP contribution >= 0.6 is 11.6 Å². The molecule has 0 aliphatic carbocycles. The molecular weight excluding hydrogens is 253 g/mol. The van der Waals surface area contributed by atoms with Crippen LogP contribution < -0.4 is 0 Å². The van der Waals surface area contributed by atoms with Crippen LogP contribution in [0.25, 0.3) is 0 Å². The molecule has 94 valence electrons. The van der Waals surface area contributed by atoms with Crippen LogP contribution in [0.5, 0.6) is 0 Å². The molecule has 0 aliphatic heterocycles. The van der Waals surface area contributed by atoms with Gasteiger partial charge in [0.15, 0.2) is 0 Å². The van der Waals surface area contributed by atoms with Crippen molar-refractivity contribution in [2.75, 3.05) is 7.05 Å². The van der Waals surface area contributed by atoms with Gasteiger partial charge < -0.3 is 0 Å². The topological polar surface area (TPSA) is 29.0 Å². The second kappa shape index (κ2) is 5.89. The van der Waals surface area contributed by atoms with Gasteiger partial charge in [-0.25, -0.2) is 9.37 Å². The van der Waals surface area contributed by atoms with E-state index in [9.17, 15) is 4.39 Å². The fourth-order valence-electron chi connectivity index (χ4n) is 1.70. The predicted octanol–water partition coefficient (Wildman–Crippen LogP) is 2.90. The van der Waals surface area contributed by atoms with Gasteiger partial charge in [0.25, 0.3) is 0 Å². The first-order valence-corrected chi connectivity index (χ1v) is 5.91. The molecule has 1 heterocycles.